The van der Waals surface area contributed by atoms with Crippen molar-refractivity contribution in [2.45, 2.75) is 19.8 Å². The van der Waals surface area contributed by atoms with E-state index >= 15 is 0 Å². The molecule has 3 heterocycles. The summed E-state index contributed by atoms with van der Waals surface area (Å²) < 4.78 is 8.07. The molecule has 2 N–H and O–H groups in total. The Morgan fingerprint density at radius 1 is 1.16 bits per heavy atom. The molecule has 32 heavy (non-hydrogen) atoms. The van der Waals surface area contributed by atoms with E-state index in [1.165, 1.54) is 6.33 Å². The third-order valence-electron chi connectivity index (χ3n) is 5.06. The maximum Gasteiger partial charge on any atom is 0.251 e. The molecule has 0 aliphatic heterocycles. The molecule has 9 heteroatoms. The van der Waals surface area contributed by atoms with E-state index in [2.05, 4.69) is 42.5 Å². The van der Waals surface area contributed by atoms with Gasteiger partial charge in [0.15, 0.2) is 0 Å². The SMILES string of the molecule is S.[2H]c1nc(C)ncc1-c1cc(NC[C@@H](C)c2cccc3c(C(=O)NC)ccnc23)ncn1. The molecule has 0 bridgehead atoms. The van der Waals surface area contributed by atoms with Crippen LogP contribution in [0.4, 0.5) is 5.82 Å². The quantitative estimate of drug-likeness (QED) is 0.465. The average molecular weight is 449 g/mol. The molecule has 0 saturated carbocycles. The Morgan fingerprint density at radius 2 is 2.00 bits per heavy atom. The Bertz CT molecular complexity index is 1300. The lowest BCUT2D eigenvalue weighted by molar-refractivity contribution is 0.0964. The number of aromatic nitrogens is 5. The van der Waals surface area contributed by atoms with Crippen molar-refractivity contribution in [1.29, 1.82) is 0 Å². The molecule has 0 radical (unpaired) electrons. The van der Waals surface area contributed by atoms with Crippen LogP contribution in [0.5, 0.6) is 0 Å². The normalized spacial score (nSPS) is 11.9. The Hall–Kier alpha value is -3.59. The van der Waals surface area contributed by atoms with Crippen LogP contribution >= 0.6 is 13.5 Å². The van der Waals surface area contributed by atoms with Crippen LogP contribution in [0.15, 0.2) is 55.2 Å². The molecule has 0 aliphatic carbocycles. The second-order valence-corrected chi connectivity index (χ2v) is 7.19. The fourth-order valence-electron chi connectivity index (χ4n) is 3.38. The minimum Gasteiger partial charge on any atom is -0.369 e. The van der Waals surface area contributed by atoms with Gasteiger partial charge in [-0.25, -0.2) is 19.9 Å². The van der Waals surface area contributed by atoms with E-state index in [1.807, 2.05) is 18.2 Å². The van der Waals surface area contributed by atoms with E-state index in [4.69, 9.17) is 1.37 Å². The van der Waals surface area contributed by atoms with Crippen LogP contribution in [-0.2, 0) is 0 Å². The fourth-order valence-corrected chi connectivity index (χ4v) is 3.38. The smallest absolute Gasteiger partial charge is 0.251 e. The zero-order valence-electron chi connectivity index (χ0n) is 19.0. The highest BCUT2D eigenvalue weighted by Crippen LogP contribution is 2.27. The Balaban J connectivity index is 0.00000306. The van der Waals surface area contributed by atoms with Crippen LogP contribution in [-0.4, -0.2) is 44.4 Å². The van der Waals surface area contributed by atoms with E-state index in [0.717, 1.165) is 16.5 Å². The number of aryl methyl sites for hydroxylation is 1. The van der Waals surface area contributed by atoms with Crippen molar-refractivity contribution in [3.8, 4) is 11.3 Å². The van der Waals surface area contributed by atoms with E-state index in [9.17, 15) is 4.79 Å². The summed E-state index contributed by atoms with van der Waals surface area (Å²) in [4.78, 5) is 33.6. The number of carbonyl (C=O) groups is 1. The maximum absolute atomic E-state index is 12.2. The number of hydrogen-bond donors (Lipinski definition) is 2. The molecular formula is C23H25N7OS. The summed E-state index contributed by atoms with van der Waals surface area (Å²) in [6.45, 7) is 4.43. The minimum atomic E-state index is -0.136. The van der Waals surface area contributed by atoms with Gasteiger partial charge in [-0.05, 0) is 18.6 Å². The van der Waals surface area contributed by atoms with Gasteiger partial charge < -0.3 is 10.6 Å². The van der Waals surface area contributed by atoms with Gasteiger partial charge in [0, 0.05) is 55.1 Å². The number of pyridine rings is 1. The number of nitrogens with zero attached hydrogens (tertiary/aromatic N) is 5. The highest BCUT2D eigenvalue weighted by atomic mass is 32.1. The van der Waals surface area contributed by atoms with Crippen molar-refractivity contribution in [3.05, 3.63) is 72.2 Å². The predicted molar refractivity (Wildman–Crippen MR) is 130 cm³/mol. The van der Waals surface area contributed by atoms with Gasteiger partial charge in [0.2, 0.25) is 0 Å². The van der Waals surface area contributed by atoms with Gasteiger partial charge in [-0.15, -0.1) is 0 Å². The first-order valence-corrected chi connectivity index (χ1v) is 9.94. The predicted octanol–water partition coefficient (Wildman–Crippen LogP) is 3.48. The highest BCUT2D eigenvalue weighted by molar-refractivity contribution is 7.59. The molecule has 4 aromatic rings. The molecule has 4 rings (SSSR count). The number of fused-ring (bicyclic) bond motifs is 1. The third kappa shape index (κ3) is 4.83. The van der Waals surface area contributed by atoms with Crippen LogP contribution in [0.25, 0.3) is 22.2 Å². The average Bonchev–Trinajstić information content (AvgIpc) is 2.81. The molecule has 164 valence electrons. The number of nitrogens with one attached hydrogen (secondary N) is 2. The monoisotopic (exact) mass is 448 g/mol. The van der Waals surface area contributed by atoms with Crippen LogP contribution in [0.2, 0.25) is 0 Å². The minimum absolute atomic E-state index is 0. The molecule has 1 atom stereocenters. The lowest BCUT2D eigenvalue weighted by Crippen LogP contribution is -2.18. The number of carbonyl (C=O) groups excluding carboxylic acids is 1. The van der Waals surface area contributed by atoms with E-state index in [0.29, 0.717) is 35.0 Å². The van der Waals surface area contributed by atoms with Crippen LogP contribution in [0.1, 0.15) is 36.0 Å². The molecule has 8 nitrogen and oxygen atoms in total. The Kier molecular flexibility index (Phi) is 6.86. The fraction of sp³-hybridized carbons (Fsp3) is 0.217. The zero-order valence-corrected chi connectivity index (χ0v) is 19.0. The first-order chi connectivity index (χ1) is 15.5. The number of para-hydroxylation sites is 1. The summed E-state index contributed by atoms with van der Waals surface area (Å²) in [6.07, 6.45) is 4.85. The van der Waals surface area contributed by atoms with Crippen molar-refractivity contribution < 1.29 is 6.17 Å². The standard InChI is InChI=1S/C23H23N7O.H2S/c1-14(17-5-4-6-18-19(23(31)24-3)7-8-25-22(17)18)10-28-21-9-20(29-13-30-21)16-11-26-15(2)27-12-16;/h4-9,11-14H,10H2,1-3H3,(H,24,31)(H,28,29,30);1H2/t14-;/m1./s1/i11D;. The van der Waals surface area contributed by atoms with Gasteiger partial charge in [-0.1, -0.05) is 25.1 Å². The van der Waals surface area contributed by atoms with Crippen molar-refractivity contribution in [3.63, 3.8) is 0 Å². The summed E-state index contributed by atoms with van der Waals surface area (Å²) in [5.41, 5.74) is 3.58. The van der Waals surface area contributed by atoms with E-state index < -0.39 is 0 Å². The number of anilines is 1. The zero-order chi connectivity index (χ0) is 22.7. The second-order valence-electron chi connectivity index (χ2n) is 7.19. The highest BCUT2D eigenvalue weighted by Gasteiger charge is 2.15. The van der Waals surface area contributed by atoms with Crippen LogP contribution in [0, 0.1) is 6.92 Å². The first kappa shape index (κ1) is 21.6. The van der Waals surface area contributed by atoms with Crippen molar-refractivity contribution in [1.82, 2.24) is 30.2 Å². The lowest BCUT2D eigenvalue weighted by atomic mass is 9.96. The van der Waals surface area contributed by atoms with Crippen LogP contribution in [0.3, 0.4) is 0 Å². The third-order valence-corrected chi connectivity index (χ3v) is 5.06. The van der Waals surface area contributed by atoms with Crippen molar-refractivity contribution in [2.75, 3.05) is 18.9 Å². The molecular weight excluding hydrogens is 422 g/mol. The second kappa shape index (κ2) is 10.1. The number of benzene rings is 1. The van der Waals surface area contributed by atoms with Gasteiger partial charge in [-0.3, -0.25) is 9.78 Å². The largest absolute Gasteiger partial charge is 0.369 e. The van der Waals surface area contributed by atoms with Gasteiger partial charge >= 0.3 is 0 Å². The summed E-state index contributed by atoms with van der Waals surface area (Å²) >= 11 is 0. The molecule has 0 saturated heterocycles. The summed E-state index contributed by atoms with van der Waals surface area (Å²) in [5.74, 6) is 1.14. The topological polar surface area (TPSA) is 106 Å². The summed E-state index contributed by atoms with van der Waals surface area (Å²) in [7, 11) is 1.62. The molecule has 0 unspecified atom stereocenters. The Labute approximate surface area is 194 Å². The number of amides is 1. The van der Waals surface area contributed by atoms with Gasteiger partial charge in [-0.2, -0.15) is 13.5 Å². The lowest BCUT2D eigenvalue weighted by Gasteiger charge is -2.16. The van der Waals surface area contributed by atoms with E-state index in [1.54, 1.807) is 38.5 Å². The van der Waals surface area contributed by atoms with Crippen LogP contribution < -0.4 is 10.6 Å². The first-order valence-electron chi connectivity index (χ1n) is 10.4. The van der Waals surface area contributed by atoms with Gasteiger partial charge in [0.1, 0.15) is 18.0 Å². The molecule has 1 amide bonds. The number of hydrogen-bond acceptors (Lipinski definition) is 7. The molecule has 0 fully saturated rings. The molecule has 1 aromatic carbocycles. The van der Waals surface area contributed by atoms with Crippen molar-refractivity contribution in [2.24, 2.45) is 0 Å². The molecule has 0 aliphatic rings. The van der Waals surface area contributed by atoms with Crippen molar-refractivity contribution >= 4 is 36.1 Å². The van der Waals surface area contributed by atoms with E-state index in [-0.39, 0.29) is 31.5 Å². The molecule has 3 aromatic heterocycles. The molecule has 0 spiro atoms. The maximum atomic E-state index is 12.2. The summed E-state index contributed by atoms with van der Waals surface area (Å²) in [6, 6.07) is 9.39. The van der Waals surface area contributed by atoms with Gasteiger partial charge in [0.25, 0.3) is 5.91 Å². The number of rotatable bonds is 6. The summed E-state index contributed by atoms with van der Waals surface area (Å²) in [5, 5.41) is 6.84. The van der Waals surface area contributed by atoms with Gasteiger partial charge in [0.05, 0.1) is 18.1 Å². The Morgan fingerprint density at radius 3 is 2.78 bits per heavy atom.